The van der Waals surface area contributed by atoms with Gasteiger partial charge in [0.15, 0.2) is 0 Å². The summed E-state index contributed by atoms with van der Waals surface area (Å²) in [5, 5.41) is 2.89. The summed E-state index contributed by atoms with van der Waals surface area (Å²) >= 11 is 0. The summed E-state index contributed by atoms with van der Waals surface area (Å²) in [6, 6.07) is 1.80. The minimum atomic E-state index is 0.356. The van der Waals surface area contributed by atoms with Crippen LogP contribution in [0, 0.1) is 0 Å². The van der Waals surface area contributed by atoms with Crippen molar-refractivity contribution >= 4 is 5.95 Å². The number of hydrogen-bond acceptors (Lipinski definition) is 4. The summed E-state index contributed by atoms with van der Waals surface area (Å²) in [6.07, 6.45) is 8.17. The molecule has 4 heteroatoms. The van der Waals surface area contributed by atoms with Crippen LogP contribution in [0.25, 0.3) is 0 Å². The molecule has 1 saturated carbocycles. The molecule has 2 rings (SSSR count). The van der Waals surface area contributed by atoms with Crippen LogP contribution in [0.1, 0.15) is 46.0 Å². The monoisotopic (exact) mass is 237 g/mol. The van der Waals surface area contributed by atoms with Crippen LogP contribution in [0.15, 0.2) is 12.3 Å². The standard InChI is InChI=1S/C10H15N3O.C3H8/c1-11-10-12-7-6-9(13-10)14-8-4-2-3-5-8;1-3-2/h6-8H,2-5H2,1H3,(H,11,12,13);3H2,1-2H3. The largest absolute Gasteiger partial charge is 0.474 e. The molecule has 0 saturated heterocycles. The molecule has 1 aromatic rings. The number of nitrogens with zero attached hydrogens (tertiary/aromatic N) is 2. The lowest BCUT2D eigenvalue weighted by molar-refractivity contribution is 0.201. The Morgan fingerprint density at radius 2 is 2.00 bits per heavy atom. The summed E-state index contributed by atoms with van der Waals surface area (Å²) < 4.78 is 5.73. The zero-order valence-electron chi connectivity index (χ0n) is 11.1. The first-order valence-corrected chi connectivity index (χ1v) is 6.47. The van der Waals surface area contributed by atoms with Crippen molar-refractivity contribution in [2.75, 3.05) is 12.4 Å². The van der Waals surface area contributed by atoms with Gasteiger partial charge in [0.05, 0.1) is 0 Å². The Bertz CT molecular complexity index is 311. The zero-order valence-corrected chi connectivity index (χ0v) is 11.1. The predicted molar refractivity (Wildman–Crippen MR) is 70.4 cm³/mol. The van der Waals surface area contributed by atoms with Crippen molar-refractivity contribution in [1.82, 2.24) is 9.97 Å². The molecule has 1 fully saturated rings. The molecule has 1 aliphatic rings. The van der Waals surface area contributed by atoms with Crippen LogP contribution in [0.4, 0.5) is 5.95 Å². The van der Waals surface area contributed by atoms with E-state index in [-0.39, 0.29) is 0 Å². The van der Waals surface area contributed by atoms with E-state index in [0.29, 0.717) is 17.9 Å². The number of ether oxygens (including phenoxy) is 1. The molecule has 1 N–H and O–H groups in total. The van der Waals surface area contributed by atoms with Gasteiger partial charge >= 0.3 is 0 Å². The lowest BCUT2D eigenvalue weighted by Gasteiger charge is -2.11. The highest BCUT2D eigenvalue weighted by Crippen LogP contribution is 2.22. The van der Waals surface area contributed by atoms with Gasteiger partial charge in [-0.3, -0.25) is 0 Å². The number of rotatable bonds is 3. The van der Waals surface area contributed by atoms with Gasteiger partial charge in [0.1, 0.15) is 6.10 Å². The lowest BCUT2D eigenvalue weighted by Crippen LogP contribution is -2.12. The molecule has 1 aromatic heterocycles. The Balaban J connectivity index is 0.000000437. The molecule has 96 valence electrons. The maximum absolute atomic E-state index is 5.73. The highest BCUT2D eigenvalue weighted by Gasteiger charge is 2.16. The summed E-state index contributed by atoms with van der Waals surface area (Å²) in [5.74, 6) is 1.29. The first-order valence-electron chi connectivity index (χ1n) is 6.47. The summed E-state index contributed by atoms with van der Waals surface area (Å²) in [6.45, 7) is 4.25. The molecule has 0 spiro atoms. The molecule has 0 aromatic carbocycles. The Kier molecular flexibility index (Phi) is 6.37. The first kappa shape index (κ1) is 13.7. The van der Waals surface area contributed by atoms with Crippen molar-refractivity contribution in [2.24, 2.45) is 0 Å². The Labute approximate surface area is 104 Å². The van der Waals surface area contributed by atoms with E-state index < -0.39 is 0 Å². The number of anilines is 1. The molecule has 1 heterocycles. The van der Waals surface area contributed by atoms with Gasteiger partial charge in [-0.05, 0) is 25.7 Å². The molecular weight excluding hydrogens is 214 g/mol. The number of nitrogens with one attached hydrogen (secondary N) is 1. The van der Waals surface area contributed by atoms with Crippen LogP contribution in [-0.2, 0) is 0 Å². The van der Waals surface area contributed by atoms with Gasteiger partial charge in [0.2, 0.25) is 11.8 Å². The van der Waals surface area contributed by atoms with Gasteiger partial charge in [-0.1, -0.05) is 20.3 Å². The van der Waals surface area contributed by atoms with Crippen LogP contribution in [0.5, 0.6) is 5.88 Å². The quantitative estimate of drug-likeness (QED) is 0.876. The minimum absolute atomic E-state index is 0.356. The fourth-order valence-electron chi connectivity index (χ4n) is 1.71. The normalized spacial score (nSPS) is 15.0. The molecular formula is C13H23N3O. The highest BCUT2D eigenvalue weighted by molar-refractivity contribution is 5.26. The molecule has 0 amide bonds. The first-order chi connectivity index (χ1) is 8.30. The van der Waals surface area contributed by atoms with Gasteiger partial charge < -0.3 is 10.1 Å². The lowest BCUT2D eigenvalue weighted by atomic mass is 10.3. The van der Waals surface area contributed by atoms with Gasteiger partial charge in [-0.25, -0.2) is 4.98 Å². The molecule has 0 bridgehead atoms. The van der Waals surface area contributed by atoms with Gasteiger partial charge in [-0.15, -0.1) is 0 Å². The third-order valence-electron chi connectivity index (χ3n) is 2.44. The van der Waals surface area contributed by atoms with Gasteiger partial charge in [0, 0.05) is 19.3 Å². The zero-order chi connectivity index (χ0) is 12.5. The molecule has 0 radical (unpaired) electrons. The summed E-state index contributed by atoms with van der Waals surface area (Å²) in [5.41, 5.74) is 0. The smallest absolute Gasteiger partial charge is 0.225 e. The van der Waals surface area contributed by atoms with Crippen molar-refractivity contribution < 1.29 is 4.74 Å². The second-order valence-electron chi connectivity index (χ2n) is 4.20. The topological polar surface area (TPSA) is 47.0 Å². The van der Waals surface area contributed by atoms with E-state index in [1.807, 2.05) is 0 Å². The van der Waals surface area contributed by atoms with Crippen LogP contribution < -0.4 is 10.1 Å². The Morgan fingerprint density at radius 3 is 2.59 bits per heavy atom. The van der Waals surface area contributed by atoms with Crippen LogP contribution in [0.2, 0.25) is 0 Å². The van der Waals surface area contributed by atoms with E-state index in [1.54, 1.807) is 19.3 Å². The molecule has 4 nitrogen and oxygen atoms in total. The van der Waals surface area contributed by atoms with Crippen molar-refractivity contribution in [3.05, 3.63) is 12.3 Å². The second kappa shape index (κ2) is 7.87. The van der Waals surface area contributed by atoms with Crippen LogP contribution in [-0.4, -0.2) is 23.1 Å². The van der Waals surface area contributed by atoms with E-state index in [0.717, 1.165) is 12.8 Å². The number of hydrogen-bond donors (Lipinski definition) is 1. The van der Waals surface area contributed by atoms with E-state index in [9.17, 15) is 0 Å². The van der Waals surface area contributed by atoms with E-state index in [4.69, 9.17) is 4.74 Å². The Hall–Kier alpha value is -1.32. The third kappa shape index (κ3) is 5.02. The average molecular weight is 237 g/mol. The molecule has 0 aliphatic heterocycles. The second-order valence-corrected chi connectivity index (χ2v) is 4.20. The number of aromatic nitrogens is 2. The van der Waals surface area contributed by atoms with Crippen molar-refractivity contribution in [3.63, 3.8) is 0 Å². The highest BCUT2D eigenvalue weighted by atomic mass is 16.5. The van der Waals surface area contributed by atoms with E-state index >= 15 is 0 Å². The molecule has 17 heavy (non-hydrogen) atoms. The average Bonchev–Trinajstić information content (AvgIpc) is 2.83. The van der Waals surface area contributed by atoms with Gasteiger partial charge in [-0.2, -0.15) is 4.98 Å². The van der Waals surface area contributed by atoms with Crippen LogP contribution >= 0.6 is 0 Å². The van der Waals surface area contributed by atoms with Crippen molar-refractivity contribution in [3.8, 4) is 5.88 Å². The molecule has 0 atom stereocenters. The maximum Gasteiger partial charge on any atom is 0.225 e. The van der Waals surface area contributed by atoms with Crippen molar-refractivity contribution in [2.45, 2.75) is 52.1 Å². The van der Waals surface area contributed by atoms with Crippen LogP contribution in [0.3, 0.4) is 0 Å². The fourth-order valence-corrected chi connectivity index (χ4v) is 1.71. The third-order valence-corrected chi connectivity index (χ3v) is 2.44. The van der Waals surface area contributed by atoms with E-state index in [1.165, 1.54) is 19.3 Å². The summed E-state index contributed by atoms with van der Waals surface area (Å²) in [4.78, 5) is 8.24. The molecule has 0 unspecified atom stereocenters. The Morgan fingerprint density at radius 1 is 1.35 bits per heavy atom. The molecule has 1 aliphatic carbocycles. The minimum Gasteiger partial charge on any atom is -0.474 e. The summed E-state index contributed by atoms with van der Waals surface area (Å²) in [7, 11) is 1.80. The predicted octanol–water partition coefficient (Wildman–Crippen LogP) is 3.26. The fraction of sp³-hybridized carbons (Fsp3) is 0.692. The van der Waals surface area contributed by atoms with Gasteiger partial charge in [0.25, 0.3) is 0 Å². The van der Waals surface area contributed by atoms with Crippen molar-refractivity contribution in [1.29, 1.82) is 0 Å². The van der Waals surface area contributed by atoms with E-state index in [2.05, 4.69) is 29.1 Å². The maximum atomic E-state index is 5.73. The SMILES string of the molecule is CCC.CNc1nccc(OC2CCCC2)n1.